The summed E-state index contributed by atoms with van der Waals surface area (Å²) in [5.41, 5.74) is 5.48. The maximum absolute atomic E-state index is 13.3. The molecule has 0 bridgehead atoms. The van der Waals surface area contributed by atoms with Crippen LogP contribution in [0.2, 0.25) is 0 Å². The van der Waals surface area contributed by atoms with E-state index in [1.54, 1.807) is 12.1 Å². The van der Waals surface area contributed by atoms with E-state index in [4.69, 9.17) is 5.73 Å². The lowest BCUT2D eigenvalue weighted by Crippen LogP contribution is -2.57. The van der Waals surface area contributed by atoms with Crippen LogP contribution in [-0.2, 0) is 4.79 Å². The molecule has 3 nitrogen and oxygen atoms in total. The van der Waals surface area contributed by atoms with E-state index in [9.17, 15) is 9.18 Å². The normalized spacial score (nSPS) is 30.9. The Hall–Kier alpha value is -1.58. The largest absolute Gasteiger partial charge is 0.371 e. The molecule has 3 atom stereocenters. The van der Waals surface area contributed by atoms with Crippen molar-refractivity contribution in [2.75, 3.05) is 5.32 Å². The van der Waals surface area contributed by atoms with Gasteiger partial charge in [-0.15, -0.1) is 0 Å². The number of anilines is 1. The zero-order valence-corrected chi connectivity index (χ0v) is 11.4. The van der Waals surface area contributed by atoms with Crippen LogP contribution >= 0.6 is 0 Å². The molecule has 1 fully saturated rings. The first-order valence-corrected chi connectivity index (χ1v) is 6.77. The first-order chi connectivity index (χ1) is 8.94. The van der Waals surface area contributed by atoms with Crippen LogP contribution in [0.5, 0.6) is 0 Å². The van der Waals surface area contributed by atoms with Crippen LogP contribution in [0.1, 0.15) is 33.1 Å². The molecule has 0 radical (unpaired) electrons. The summed E-state index contributed by atoms with van der Waals surface area (Å²) >= 11 is 0. The third-order valence-corrected chi connectivity index (χ3v) is 4.24. The number of hydrogen-bond donors (Lipinski definition) is 2. The number of hydrogen-bond acceptors (Lipinski definition) is 2. The Morgan fingerprint density at radius 2 is 2.16 bits per heavy atom. The minimum atomic E-state index is -0.772. The van der Waals surface area contributed by atoms with E-state index in [1.165, 1.54) is 12.1 Å². The van der Waals surface area contributed by atoms with Gasteiger partial charge in [-0.05, 0) is 42.9 Å². The van der Waals surface area contributed by atoms with E-state index < -0.39 is 5.54 Å². The summed E-state index contributed by atoms with van der Waals surface area (Å²) in [6, 6.07) is 6.18. The molecule has 1 aromatic rings. The standard InChI is InChI=1S/C15H21FN2O/c1-10-6-7-11(2)15(9-10,14(17)19)18-13-5-3-4-12(16)8-13/h3-5,8,10-11,18H,6-7,9H2,1-2H3,(H2,17,19). The molecule has 4 heteroatoms. The van der Waals surface area contributed by atoms with E-state index in [1.807, 2.05) is 6.92 Å². The van der Waals surface area contributed by atoms with Crippen molar-refractivity contribution in [3.63, 3.8) is 0 Å². The highest BCUT2D eigenvalue weighted by atomic mass is 19.1. The van der Waals surface area contributed by atoms with E-state index >= 15 is 0 Å². The molecule has 1 aliphatic carbocycles. The molecule has 104 valence electrons. The van der Waals surface area contributed by atoms with Crippen LogP contribution < -0.4 is 11.1 Å². The van der Waals surface area contributed by atoms with E-state index in [2.05, 4.69) is 12.2 Å². The number of amides is 1. The summed E-state index contributed by atoms with van der Waals surface area (Å²) in [4.78, 5) is 12.0. The second-order valence-corrected chi connectivity index (χ2v) is 5.76. The number of nitrogens with two attached hydrogens (primary N) is 1. The molecular weight excluding hydrogens is 243 g/mol. The molecule has 3 N–H and O–H groups in total. The van der Waals surface area contributed by atoms with Crippen molar-refractivity contribution in [1.29, 1.82) is 0 Å². The highest BCUT2D eigenvalue weighted by Crippen LogP contribution is 2.39. The average molecular weight is 264 g/mol. The Balaban J connectivity index is 2.31. The molecular formula is C15H21FN2O. The fourth-order valence-corrected chi connectivity index (χ4v) is 3.04. The summed E-state index contributed by atoms with van der Waals surface area (Å²) < 4.78 is 13.3. The molecule has 1 saturated carbocycles. The number of primary amides is 1. The molecule has 0 saturated heterocycles. The van der Waals surface area contributed by atoms with Crippen LogP contribution in [-0.4, -0.2) is 11.4 Å². The number of halogens is 1. The van der Waals surface area contributed by atoms with Gasteiger partial charge in [0.25, 0.3) is 0 Å². The monoisotopic (exact) mass is 264 g/mol. The van der Waals surface area contributed by atoms with Gasteiger partial charge in [0.2, 0.25) is 5.91 Å². The van der Waals surface area contributed by atoms with Crippen molar-refractivity contribution in [2.24, 2.45) is 17.6 Å². The van der Waals surface area contributed by atoms with Crippen molar-refractivity contribution >= 4 is 11.6 Å². The third kappa shape index (κ3) is 2.72. The van der Waals surface area contributed by atoms with Gasteiger partial charge in [-0.1, -0.05) is 26.3 Å². The van der Waals surface area contributed by atoms with E-state index in [0.717, 1.165) is 12.8 Å². The Morgan fingerprint density at radius 1 is 1.42 bits per heavy atom. The summed E-state index contributed by atoms with van der Waals surface area (Å²) in [5, 5.41) is 3.20. The predicted molar refractivity (Wildman–Crippen MR) is 74.1 cm³/mol. The first kappa shape index (κ1) is 13.8. The van der Waals surface area contributed by atoms with Gasteiger partial charge < -0.3 is 11.1 Å². The summed E-state index contributed by atoms with van der Waals surface area (Å²) in [6.45, 7) is 4.15. The summed E-state index contributed by atoms with van der Waals surface area (Å²) in [5.74, 6) is -0.0915. The fraction of sp³-hybridized carbons (Fsp3) is 0.533. The second kappa shape index (κ2) is 5.19. The summed E-state index contributed by atoms with van der Waals surface area (Å²) in [7, 11) is 0. The van der Waals surface area contributed by atoms with Crippen LogP contribution in [0.25, 0.3) is 0 Å². The third-order valence-electron chi connectivity index (χ3n) is 4.24. The topological polar surface area (TPSA) is 55.1 Å². The lowest BCUT2D eigenvalue weighted by atomic mass is 9.69. The van der Waals surface area contributed by atoms with Crippen molar-refractivity contribution < 1.29 is 9.18 Å². The van der Waals surface area contributed by atoms with Gasteiger partial charge in [0.05, 0.1) is 0 Å². The van der Waals surface area contributed by atoms with Gasteiger partial charge in [0, 0.05) is 5.69 Å². The zero-order chi connectivity index (χ0) is 14.0. The number of carbonyl (C=O) groups excluding carboxylic acids is 1. The van der Waals surface area contributed by atoms with Gasteiger partial charge >= 0.3 is 0 Å². The molecule has 3 unspecified atom stereocenters. The maximum atomic E-state index is 13.3. The fourth-order valence-electron chi connectivity index (χ4n) is 3.04. The minimum Gasteiger partial charge on any atom is -0.371 e. The molecule has 19 heavy (non-hydrogen) atoms. The van der Waals surface area contributed by atoms with Gasteiger partial charge in [0.15, 0.2) is 0 Å². The van der Waals surface area contributed by atoms with Crippen molar-refractivity contribution in [2.45, 2.75) is 38.6 Å². The van der Waals surface area contributed by atoms with Gasteiger partial charge in [0.1, 0.15) is 11.4 Å². The lowest BCUT2D eigenvalue weighted by molar-refractivity contribution is -0.125. The Morgan fingerprint density at radius 3 is 2.79 bits per heavy atom. The van der Waals surface area contributed by atoms with Crippen molar-refractivity contribution in [3.05, 3.63) is 30.1 Å². The molecule has 2 rings (SSSR count). The lowest BCUT2D eigenvalue weighted by Gasteiger charge is -2.43. The molecule has 0 spiro atoms. The van der Waals surface area contributed by atoms with Crippen molar-refractivity contribution in [1.82, 2.24) is 0 Å². The number of carbonyl (C=O) groups is 1. The zero-order valence-electron chi connectivity index (χ0n) is 11.4. The Bertz CT molecular complexity index is 477. The number of rotatable bonds is 3. The number of benzene rings is 1. The predicted octanol–water partition coefficient (Wildman–Crippen LogP) is 2.92. The van der Waals surface area contributed by atoms with Crippen molar-refractivity contribution in [3.8, 4) is 0 Å². The Kier molecular flexibility index (Phi) is 3.78. The SMILES string of the molecule is CC1CCC(C)C(Nc2cccc(F)c2)(C(N)=O)C1. The highest BCUT2D eigenvalue weighted by Gasteiger charge is 2.45. The molecule has 0 aliphatic heterocycles. The van der Waals surface area contributed by atoms with Crippen LogP contribution in [0.4, 0.5) is 10.1 Å². The smallest absolute Gasteiger partial charge is 0.243 e. The van der Waals surface area contributed by atoms with Gasteiger partial charge in [-0.3, -0.25) is 4.79 Å². The number of nitrogens with one attached hydrogen (secondary N) is 1. The minimum absolute atomic E-state index is 0.143. The molecule has 0 aromatic heterocycles. The quantitative estimate of drug-likeness (QED) is 0.882. The first-order valence-electron chi connectivity index (χ1n) is 6.77. The maximum Gasteiger partial charge on any atom is 0.243 e. The van der Waals surface area contributed by atoms with Crippen LogP contribution in [0, 0.1) is 17.7 Å². The van der Waals surface area contributed by atoms with Crippen LogP contribution in [0.15, 0.2) is 24.3 Å². The second-order valence-electron chi connectivity index (χ2n) is 5.76. The molecule has 1 amide bonds. The van der Waals surface area contributed by atoms with Gasteiger partial charge in [-0.25, -0.2) is 4.39 Å². The Labute approximate surface area is 113 Å². The highest BCUT2D eigenvalue weighted by molar-refractivity contribution is 5.88. The molecule has 0 heterocycles. The molecule has 1 aromatic carbocycles. The summed E-state index contributed by atoms with van der Waals surface area (Å²) in [6.07, 6.45) is 2.74. The van der Waals surface area contributed by atoms with E-state index in [0.29, 0.717) is 18.0 Å². The van der Waals surface area contributed by atoms with Crippen LogP contribution in [0.3, 0.4) is 0 Å². The average Bonchev–Trinajstić information content (AvgIpc) is 2.33. The van der Waals surface area contributed by atoms with Gasteiger partial charge in [-0.2, -0.15) is 0 Å². The molecule has 1 aliphatic rings. The van der Waals surface area contributed by atoms with E-state index in [-0.39, 0.29) is 17.6 Å².